The fourth-order valence-electron chi connectivity index (χ4n) is 8.60. The van der Waals surface area contributed by atoms with E-state index in [0.717, 1.165) is 55.0 Å². The fourth-order valence-corrected chi connectivity index (χ4v) is 9.52. The smallest absolute Gasteiger partial charge is 0.328 e. The normalized spacial score (nSPS) is 12.1. The van der Waals surface area contributed by atoms with Gasteiger partial charge in [0.1, 0.15) is 18.8 Å². The zero-order valence-electron chi connectivity index (χ0n) is 42.9. The number of unbranched alkanes of at least 4 members (excludes halogenated alkanes) is 24. The minimum absolute atomic E-state index is 0.00411. The number of benzene rings is 2. The van der Waals surface area contributed by atoms with Gasteiger partial charge in [-0.25, -0.2) is 4.79 Å². The van der Waals surface area contributed by atoms with Crippen molar-refractivity contribution in [2.75, 3.05) is 30.5 Å². The van der Waals surface area contributed by atoms with Crippen molar-refractivity contribution in [1.82, 2.24) is 10.3 Å². The van der Waals surface area contributed by atoms with Crippen LogP contribution in [-0.2, 0) is 39.8 Å². The number of carbonyl (C=O) groups excluding carboxylic acids is 5. The molecule has 12 heteroatoms. The number of esters is 3. The van der Waals surface area contributed by atoms with E-state index in [2.05, 4.69) is 29.5 Å². The van der Waals surface area contributed by atoms with Crippen molar-refractivity contribution in [1.29, 1.82) is 0 Å². The minimum atomic E-state index is -0.897. The van der Waals surface area contributed by atoms with Crippen LogP contribution in [0.25, 0.3) is 10.9 Å². The van der Waals surface area contributed by atoms with Gasteiger partial charge in [-0.3, -0.25) is 19.2 Å². The van der Waals surface area contributed by atoms with Crippen molar-refractivity contribution < 1.29 is 38.2 Å². The number of aromatic amines is 1. The largest absolute Gasteiger partial charge is 0.467 e. The van der Waals surface area contributed by atoms with E-state index in [-0.39, 0.29) is 37.3 Å². The maximum atomic E-state index is 13.2. The Balaban J connectivity index is 1.38. The number of ether oxygens (including phenoxy) is 3. The van der Waals surface area contributed by atoms with Gasteiger partial charge in [-0.05, 0) is 48.7 Å². The van der Waals surface area contributed by atoms with Crippen LogP contribution in [0.5, 0.6) is 0 Å². The van der Waals surface area contributed by atoms with Gasteiger partial charge in [-0.15, -0.1) is 0 Å². The Labute approximate surface area is 419 Å². The van der Waals surface area contributed by atoms with Crippen LogP contribution in [0.4, 0.5) is 5.69 Å². The zero-order chi connectivity index (χ0) is 49.6. The summed E-state index contributed by atoms with van der Waals surface area (Å²) in [6.45, 7) is 4.51. The van der Waals surface area contributed by atoms with Gasteiger partial charge in [0, 0.05) is 65.5 Å². The van der Waals surface area contributed by atoms with Gasteiger partial charge in [0.05, 0.1) is 7.11 Å². The van der Waals surface area contributed by atoms with Crippen molar-refractivity contribution in [3.05, 3.63) is 65.9 Å². The Bertz CT molecular complexity index is 1850. The highest BCUT2D eigenvalue weighted by atomic mass is 32.2. The number of para-hydroxylation sites is 1. The molecule has 1 aromatic heterocycles. The first kappa shape index (κ1) is 59.0. The van der Waals surface area contributed by atoms with Gasteiger partial charge in [0.2, 0.25) is 5.91 Å². The third-order valence-corrected chi connectivity index (χ3v) is 13.9. The van der Waals surface area contributed by atoms with Gasteiger partial charge in [-0.1, -0.05) is 186 Å². The fraction of sp³-hybridized carbons (Fsp3) is 0.667. The van der Waals surface area contributed by atoms with Gasteiger partial charge >= 0.3 is 17.9 Å². The standard InChI is InChI=1S/C57H89N3O8S/c1-4-6-8-10-12-14-16-18-20-22-24-26-28-34-54(62)67-44-49(68-55(63)35-29-27-25-23-21-19-17-15-13-11-9-7-5-2)45-69-41-40-53(61)59-48-38-36-46(37-39-48)56(64)60-52(57(65)66-3)42-47-43-58-51-33-31-30-32-50(47)51/h30-33,36-39,43,49,52,58H,4-29,34-35,40-42,44-45H2,1-3H3,(H,59,61)(H,60,64). The minimum Gasteiger partial charge on any atom is -0.467 e. The maximum absolute atomic E-state index is 13.2. The van der Waals surface area contributed by atoms with Gasteiger partial charge in [0.15, 0.2) is 0 Å². The van der Waals surface area contributed by atoms with Crippen LogP contribution in [-0.4, -0.2) is 72.1 Å². The molecule has 2 aromatic carbocycles. The number of methoxy groups -OCH3 is 1. The quantitative estimate of drug-likeness (QED) is 0.0286. The highest BCUT2D eigenvalue weighted by Gasteiger charge is 2.24. The molecule has 0 saturated heterocycles. The van der Waals surface area contributed by atoms with E-state index in [1.165, 1.54) is 147 Å². The molecular formula is C57H89N3O8S. The molecule has 0 aliphatic heterocycles. The lowest BCUT2D eigenvalue weighted by Gasteiger charge is -2.18. The molecule has 1 heterocycles. The first-order chi connectivity index (χ1) is 33.7. The van der Waals surface area contributed by atoms with Gasteiger partial charge in [0.25, 0.3) is 5.91 Å². The Morgan fingerprint density at radius 3 is 1.65 bits per heavy atom. The molecule has 2 unspecified atom stereocenters. The molecule has 0 bridgehead atoms. The first-order valence-corrected chi connectivity index (χ1v) is 28.2. The lowest BCUT2D eigenvalue weighted by atomic mass is 10.0. The van der Waals surface area contributed by atoms with Crippen molar-refractivity contribution >= 4 is 58.1 Å². The second-order valence-electron chi connectivity index (χ2n) is 18.8. The Morgan fingerprint density at radius 1 is 0.609 bits per heavy atom. The van der Waals surface area contributed by atoms with Crippen LogP contribution < -0.4 is 10.6 Å². The summed E-state index contributed by atoms with van der Waals surface area (Å²) in [6, 6.07) is 13.3. The number of fused-ring (bicyclic) bond motifs is 1. The van der Waals surface area contributed by atoms with Gasteiger partial charge < -0.3 is 29.8 Å². The molecule has 0 saturated carbocycles. The second kappa shape index (κ2) is 38.4. The maximum Gasteiger partial charge on any atom is 0.328 e. The average molecular weight is 976 g/mol. The van der Waals surface area contributed by atoms with Crippen molar-refractivity contribution in [2.45, 2.75) is 219 Å². The van der Waals surface area contributed by atoms with E-state index in [1.54, 1.807) is 24.3 Å². The van der Waals surface area contributed by atoms with Crippen LogP contribution in [0.3, 0.4) is 0 Å². The SMILES string of the molecule is CCCCCCCCCCCCCCCC(=O)OCC(CSCCC(=O)Nc1ccc(C(=O)NC(Cc2c[nH]c3ccccc23)C(=O)OC)cc1)OC(=O)CCCCCCCCCCCCCCC. The third kappa shape index (κ3) is 27.6. The molecule has 2 amide bonds. The molecule has 69 heavy (non-hydrogen) atoms. The number of anilines is 1. The van der Waals surface area contributed by atoms with E-state index < -0.39 is 24.0 Å². The molecule has 3 N–H and O–H groups in total. The number of amides is 2. The lowest BCUT2D eigenvalue weighted by Crippen LogP contribution is -2.43. The van der Waals surface area contributed by atoms with Crippen molar-refractivity contribution in [3.63, 3.8) is 0 Å². The Morgan fingerprint density at radius 2 is 1.12 bits per heavy atom. The number of rotatable bonds is 42. The predicted molar refractivity (Wildman–Crippen MR) is 284 cm³/mol. The molecule has 0 aliphatic rings. The molecule has 0 fully saturated rings. The summed E-state index contributed by atoms with van der Waals surface area (Å²) in [5.74, 6) is -0.865. The summed E-state index contributed by atoms with van der Waals surface area (Å²) < 4.78 is 16.5. The number of carbonyl (C=O) groups is 5. The van der Waals surface area contributed by atoms with Crippen LogP contribution in [0.2, 0.25) is 0 Å². The topological polar surface area (TPSA) is 153 Å². The molecular weight excluding hydrogens is 887 g/mol. The number of H-pyrrole nitrogens is 1. The number of aromatic nitrogens is 1. The zero-order valence-corrected chi connectivity index (χ0v) is 43.7. The summed E-state index contributed by atoms with van der Waals surface area (Å²) in [4.78, 5) is 67.6. The highest BCUT2D eigenvalue weighted by Crippen LogP contribution is 2.21. The molecule has 0 radical (unpaired) electrons. The molecule has 0 aliphatic carbocycles. The first-order valence-electron chi connectivity index (χ1n) is 27.0. The van der Waals surface area contributed by atoms with E-state index >= 15 is 0 Å². The van der Waals surface area contributed by atoms with E-state index in [4.69, 9.17) is 14.2 Å². The molecule has 11 nitrogen and oxygen atoms in total. The summed E-state index contributed by atoms with van der Waals surface area (Å²) >= 11 is 1.48. The van der Waals surface area contributed by atoms with Gasteiger partial charge in [-0.2, -0.15) is 11.8 Å². The number of thioether (sulfide) groups is 1. The number of hydrogen-bond acceptors (Lipinski definition) is 9. The Kier molecular flexibility index (Phi) is 32.9. The monoisotopic (exact) mass is 976 g/mol. The van der Waals surface area contributed by atoms with E-state index in [9.17, 15) is 24.0 Å². The summed E-state index contributed by atoms with van der Waals surface area (Å²) in [6.07, 6.45) is 34.5. The average Bonchev–Trinajstić information content (AvgIpc) is 3.76. The van der Waals surface area contributed by atoms with E-state index in [1.807, 2.05) is 30.5 Å². The van der Waals surface area contributed by atoms with Crippen LogP contribution in [0.15, 0.2) is 54.7 Å². The van der Waals surface area contributed by atoms with Crippen molar-refractivity contribution in [2.24, 2.45) is 0 Å². The van der Waals surface area contributed by atoms with E-state index in [0.29, 0.717) is 35.6 Å². The molecule has 3 rings (SSSR count). The summed E-state index contributed by atoms with van der Waals surface area (Å²) in [5.41, 5.74) is 2.68. The molecule has 3 aromatic rings. The third-order valence-electron chi connectivity index (χ3n) is 12.8. The predicted octanol–water partition coefficient (Wildman–Crippen LogP) is 14.2. The number of hydrogen-bond donors (Lipinski definition) is 3. The van der Waals surface area contributed by atoms with Crippen LogP contribution >= 0.6 is 11.8 Å². The van der Waals surface area contributed by atoms with Crippen LogP contribution in [0.1, 0.15) is 216 Å². The number of nitrogens with one attached hydrogen (secondary N) is 3. The second-order valence-corrected chi connectivity index (χ2v) is 20.0. The van der Waals surface area contributed by atoms with Crippen LogP contribution in [0, 0.1) is 0 Å². The molecule has 0 spiro atoms. The highest BCUT2D eigenvalue weighted by molar-refractivity contribution is 7.99. The molecule has 386 valence electrons. The molecule has 2 atom stereocenters. The summed E-state index contributed by atoms with van der Waals surface area (Å²) in [5, 5.41) is 6.64. The Hall–Kier alpha value is -4.32. The lowest BCUT2D eigenvalue weighted by molar-refractivity contribution is -0.157. The summed E-state index contributed by atoms with van der Waals surface area (Å²) in [7, 11) is 1.29. The van der Waals surface area contributed by atoms with Crippen molar-refractivity contribution in [3.8, 4) is 0 Å².